The average Bonchev–Trinajstić information content (AvgIpc) is 1.96. The highest BCUT2D eigenvalue weighted by molar-refractivity contribution is 5.77. The number of carbonyl (C=O) groups is 1. The number of aliphatic hydroxyl groups excluding tert-OH is 1. The molecule has 1 fully saturated rings. The average molecular weight is 158 g/mol. The Kier molecular flexibility index (Phi) is 2.18. The number of methoxy groups -OCH3 is 1. The Morgan fingerprint density at radius 2 is 2.27 bits per heavy atom. The van der Waals surface area contributed by atoms with Gasteiger partial charge >= 0.3 is 5.97 Å². The number of hydrogen-bond acceptors (Lipinski definition) is 3. The van der Waals surface area contributed by atoms with Gasteiger partial charge < -0.3 is 9.84 Å². The summed E-state index contributed by atoms with van der Waals surface area (Å²) in [6.45, 7) is 2.07. The third-order valence-corrected chi connectivity index (χ3v) is 2.41. The molecule has 1 saturated carbocycles. The van der Waals surface area contributed by atoms with Crippen molar-refractivity contribution in [2.24, 2.45) is 11.3 Å². The van der Waals surface area contributed by atoms with Crippen LogP contribution in [-0.2, 0) is 9.53 Å². The van der Waals surface area contributed by atoms with Crippen LogP contribution in [0.15, 0.2) is 0 Å². The number of hydrogen-bond donors (Lipinski definition) is 1. The molecule has 0 aromatic rings. The maximum absolute atomic E-state index is 11.1. The van der Waals surface area contributed by atoms with Crippen molar-refractivity contribution < 1.29 is 14.6 Å². The summed E-state index contributed by atoms with van der Waals surface area (Å²) in [7, 11) is 1.40. The van der Waals surface area contributed by atoms with Gasteiger partial charge in [0.05, 0.1) is 12.5 Å². The van der Waals surface area contributed by atoms with E-state index in [4.69, 9.17) is 5.11 Å². The van der Waals surface area contributed by atoms with E-state index in [0.717, 1.165) is 12.8 Å². The van der Waals surface area contributed by atoms with Gasteiger partial charge in [0.2, 0.25) is 0 Å². The van der Waals surface area contributed by atoms with Gasteiger partial charge in [-0.1, -0.05) is 0 Å². The van der Waals surface area contributed by atoms with Crippen LogP contribution in [0.3, 0.4) is 0 Å². The SMILES string of the molecule is COC(=O)C1(C)CC(CO)C1. The van der Waals surface area contributed by atoms with Crippen molar-refractivity contribution in [1.82, 2.24) is 0 Å². The summed E-state index contributed by atoms with van der Waals surface area (Å²) in [6, 6.07) is 0. The number of aliphatic hydroxyl groups is 1. The van der Waals surface area contributed by atoms with Crippen LogP contribution in [0.1, 0.15) is 19.8 Å². The van der Waals surface area contributed by atoms with Crippen molar-refractivity contribution in [3.05, 3.63) is 0 Å². The van der Waals surface area contributed by atoms with E-state index in [1.807, 2.05) is 6.92 Å². The molecule has 0 spiro atoms. The summed E-state index contributed by atoms with van der Waals surface area (Å²) in [5.74, 6) is 0.154. The minimum Gasteiger partial charge on any atom is -0.469 e. The molecule has 11 heavy (non-hydrogen) atoms. The Morgan fingerprint density at radius 3 is 2.64 bits per heavy atom. The highest BCUT2D eigenvalue weighted by Gasteiger charge is 2.46. The number of carbonyl (C=O) groups excluding carboxylic acids is 1. The first-order chi connectivity index (χ1) is 5.12. The predicted molar refractivity (Wildman–Crippen MR) is 39.9 cm³/mol. The Balaban J connectivity index is 2.42. The van der Waals surface area contributed by atoms with Crippen molar-refractivity contribution in [3.8, 4) is 0 Å². The molecule has 1 rings (SSSR count). The van der Waals surface area contributed by atoms with E-state index in [2.05, 4.69) is 4.74 Å². The van der Waals surface area contributed by atoms with Gasteiger partial charge in [0.25, 0.3) is 0 Å². The zero-order chi connectivity index (χ0) is 8.48. The molecule has 0 aliphatic heterocycles. The molecule has 3 heteroatoms. The van der Waals surface area contributed by atoms with E-state index in [1.54, 1.807) is 0 Å². The minimum absolute atomic E-state index is 0.151. The number of esters is 1. The van der Waals surface area contributed by atoms with Gasteiger partial charge in [-0.3, -0.25) is 4.79 Å². The van der Waals surface area contributed by atoms with Crippen molar-refractivity contribution >= 4 is 5.97 Å². The molecule has 0 amide bonds. The van der Waals surface area contributed by atoms with Crippen LogP contribution < -0.4 is 0 Å². The van der Waals surface area contributed by atoms with Crippen molar-refractivity contribution in [2.75, 3.05) is 13.7 Å². The van der Waals surface area contributed by atoms with E-state index in [-0.39, 0.29) is 18.0 Å². The lowest BCUT2D eigenvalue weighted by atomic mass is 9.63. The summed E-state index contributed by atoms with van der Waals surface area (Å²) in [5.41, 5.74) is -0.317. The van der Waals surface area contributed by atoms with Crippen LogP contribution in [0.4, 0.5) is 0 Å². The molecular formula is C8H14O3. The second-order valence-corrected chi connectivity index (χ2v) is 3.51. The fourth-order valence-electron chi connectivity index (χ4n) is 1.76. The molecule has 64 valence electrons. The molecule has 0 bridgehead atoms. The third kappa shape index (κ3) is 1.38. The molecule has 1 N–H and O–H groups in total. The van der Waals surface area contributed by atoms with E-state index < -0.39 is 0 Å². The Hall–Kier alpha value is -0.570. The van der Waals surface area contributed by atoms with Crippen molar-refractivity contribution in [3.63, 3.8) is 0 Å². The topological polar surface area (TPSA) is 46.5 Å². The second kappa shape index (κ2) is 2.81. The van der Waals surface area contributed by atoms with Crippen molar-refractivity contribution in [2.45, 2.75) is 19.8 Å². The van der Waals surface area contributed by atoms with E-state index in [9.17, 15) is 4.79 Å². The normalized spacial score (nSPS) is 36.1. The van der Waals surface area contributed by atoms with Crippen LogP contribution >= 0.6 is 0 Å². The summed E-state index contributed by atoms with van der Waals surface area (Å²) >= 11 is 0. The highest BCUT2D eigenvalue weighted by atomic mass is 16.5. The van der Waals surface area contributed by atoms with Crippen LogP contribution in [0.2, 0.25) is 0 Å². The standard InChI is InChI=1S/C8H14O3/c1-8(7(10)11-2)3-6(4-8)5-9/h6,9H,3-5H2,1-2H3. The first-order valence-corrected chi connectivity index (χ1v) is 3.81. The first kappa shape index (κ1) is 8.53. The van der Waals surface area contributed by atoms with E-state index in [0.29, 0.717) is 5.92 Å². The monoisotopic (exact) mass is 158 g/mol. The van der Waals surface area contributed by atoms with Gasteiger partial charge in [0, 0.05) is 6.61 Å². The van der Waals surface area contributed by atoms with Crippen LogP contribution in [0.25, 0.3) is 0 Å². The fraction of sp³-hybridized carbons (Fsp3) is 0.875. The summed E-state index contributed by atoms with van der Waals surface area (Å²) in [5, 5.41) is 8.72. The molecular weight excluding hydrogens is 144 g/mol. The Labute approximate surface area is 66.4 Å². The second-order valence-electron chi connectivity index (χ2n) is 3.51. The van der Waals surface area contributed by atoms with E-state index >= 15 is 0 Å². The number of ether oxygens (including phenoxy) is 1. The summed E-state index contributed by atoms with van der Waals surface area (Å²) in [6.07, 6.45) is 1.52. The van der Waals surface area contributed by atoms with Gasteiger partial charge in [-0.25, -0.2) is 0 Å². The zero-order valence-corrected chi connectivity index (χ0v) is 6.96. The van der Waals surface area contributed by atoms with Gasteiger partial charge in [-0.15, -0.1) is 0 Å². The highest BCUT2D eigenvalue weighted by Crippen LogP contribution is 2.45. The Morgan fingerprint density at radius 1 is 1.73 bits per heavy atom. The molecule has 0 unspecified atom stereocenters. The Bertz CT molecular complexity index is 159. The van der Waals surface area contributed by atoms with Gasteiger partial charge in [-0.05, 0) is 25.7 Å². The van der Waals surface area contributed by atoms with Crippen LogP contribution in [-0.4, -0.2) is 24.8 Å². The maximum Gasteiger partial charge on any atom is 0.311 e. The smallest absolute Gasteiger partial charge is 0.311 e. The molecule has 0 radical (unpaired) electrons. The molecule has 0 heterocycles. The maximum atomic E-state index is 11.1. The third-order valence-electron chi connectivity index (χ3n) is 2.41. The van der Waals surface area contributed by atoms with Crippen molar-refractivity contribution in [1.29, 1.82) is 0 Å². The van der Waals surface area contributed by atoms with Crippen LogP contribution in [0.5, 0.6) is 0 Å². The quantitative estimate of drug-likeness (QED) is 0.597. The molecule has 0 aromatic heterocycles. The lowest BCUT2D eigenvalue weighted by Crippen LogP contribution is -2.43. The molecule has 1 aliphatic rings. The van der Waals surface area contributed by atoms with E-state index in [1.165, 1.54) is 7.11 Å². The molecule has 0 atom stereocenters. The molecule has 0 aromatic carbocycles. The molecule has 1 aliphatic carbocycles. The van der Waals surface area contributed by atoms with Gasteiger partial charge in [0.15, 0.2) is 0 Å². The summed E-state index contributed by atoms with van der Waals surface area (Å²) < 4.78 is 4.63. The molecule has 3 nitrogen and oxygen atoms in total. The van der Waals surface area contributed by atoms with Crippen LogP contribution in [0, 0.1) is 11.3 Å². The molecule has 0 saturated heterocycles. The fourth-order valence-corrected chi connectivity index (χ4v) is 1.76. The largest absolute Gasteiger partial charge is 0.469 e. The first-order valence-electron chi connectivity index (χ1n) is 3.81. The summed E-state index contributed by atoms with van der Waals surface area (Å²) in [4.78, 5) is 11.1. The number of rotatable bonds is 2. The lowest BCUT2D eigenvalue weighted by Gasteiger charge is -2.41. The predicted octanol–water partition coefficient (Wildman–Crippen LogP) is 0.568. The van der Waals surface area contributed by atoms with Gasteiger partial charge in [-0.2, -0.15) is 0 Å². The zero-order valence-electron chi connectivity index (χ0n) is 6.96. The lowest BCUT2D eigenvalue weighted by molar-refractivity contribution is -0.161. The minimum atomic E-state index is -0.317. The van der Waals surface area contributed by atoms with Gasteiger partial charge in [0.1, 0.15) is 0 Å².